The molecule has 1 aromatic carbocycles. The van der Waals surface area contributed by atoms with E-state index in [-0.39, 0.29) is 5.91 Å². The summed E-state index contributed by atoms with van der Waals surface area (Å²) in [5.41, 5.74) is 3.42. The maximum atomic E-state index is 12.2. The zero-order chi connectivity index (χ0) is 17.5. The highest BCUT2D eigenvalue weighted by Gasteiger charge is 2.12. The SMILES string of the molecule is CCCc1cc[n+](CC(=O)Nc2ccc(N3CCCCC3)cc2)cc1. The fraction of sp³-hybridized carbons (Fsp3) is 0.429. The Balaban J connectivity index is 1.53. The Bertz CT molecular complexity index is 673. The first kappa shape index (κ1) is 17.5. The normalized spacial score (nSPS) is 14.4. The summed E-state index contributed by atoms with van der Waals surface area (Å²) in [6.45, 7) is 4.78. The molecule has 0 aliphatic carbocycles. The Morgan fingerprint density at radius 2 is 1.72 bits per heavy atom. The van der Waals surface area contributed by atoms with Gasteiger partial charge in [-0.25, -0.2) is 0 Å². The van der Waals surface area contributed by atoms with Crippen LogP contribution in [0.1, 0.15) is 38.2 Å². The van der Waals surface area contributed by atoms with Crippen LogP contribution in [0.2, 0.25) is 0 Å². The molecule has 1 saturated heterocycles. The van der Waals surface area contributed by atoms with E-state index in [2.05, 4.69) is 41.4 Å². The highest BCUT2D eigenvalue weighted by molar-refractivity contribution is 5.89. The van der Waals surface area contributed by atoms with E-state index in [0.717, 1.165) is 31.6 Å². The predicted molar refractivity (Wildman–Crippen MR) is 102 cm³/mol. The lowest BCUT2D eigenvalue weighted by molar-refractivity contribution is -0.684. The molecule has 3 rings (SSSR count). The zero-order valence-electron chi connectivity index (χ0n) is 15.1. The standard InChI is InChI=1S/C21H27N3O/c1-2-6-18-11-15-23(16-12-18)17-21(25)22-19-7-9-20(10-8-19)24-13-4-3-5-14-24/h7-12,15-16H,2-6,13-14,17H2,1H3/p+1. The topological polar surface area (TPSA) is 36.2 Å². The van der Waals surface area contributed by atoms with Gasteiger partial charge in [-0.15, -0.1) is 0 Å². The Hall–Kier alpha value is -2.36. The van der Waals surface area contributed by atoms with Gasteiger partial charge in [-0.2, -0.15) is 4.57 Å². The number of pyridine rings is 1. The highest BCUT2D eigenvalue weighted by Crippen LogP contribution is 2.21. The van der Waals surface area contributed by atoms with Crippen LogP contribution in [0.5, 0.6) is 0 Å². The molecule has 0 spiro atoms. The van der Waals surface area contributed by atoms with Gasteiger partial charge in [0.1, 0.15) is 0 Å². The van der Waals surface area contributed by atoms with Crippen LogP contribution in [0.25, 0.3) is 0 Å². The molecule has 4 nitrogen and oxygen atoms in total. The second-order valence-electron chi connectivity index (χ2n) is 6.77. The molecule has 2 heterocycles. The van der Waals surface area contributed by atoms with Crippen molar-refractivity contribution < 1.29 is 9.36 Å². The van der Waals surface area contributed by atoms with Crippen LogP contribution >= 0.6 is 0 Å². The number of aryl methyl sites for hydroxylation is 1. The van der Waals surface area contributed by atoms with Gasteiger partial charge in [0.2, 0.25) is 6.54 Å². The maximum absolute atomic E-state index is 12.2. The van der Waals surface area contributed by atoms with Crippen molar-refractivity contribution >= 4 is 17.3 Å². The summed E-state index contributed by atoms with van der Waals surface area (Å²) >= 11 is 0. The van der Waals surface area contributed by atoms with Crippen molar-refractivity contribution in [2.45, 2.75) is 45.6 Å². The largest absolute Gasteiger partial charge is 0.372 e. The fourth-order valence-corrected chi connectivity index (χ4v) is 3.32. The summed E-state index contributed by atoms with van der Waals surface area (Å²) in [5.74, 6) is -0.000959. The molecule has 0 radical (unpaired) electrons. The molecule has 25 heavy (non-hydrogen) atoms. The van der Waals surface area contributed by atoms with Crippen LogP contribution in [-0.4, -0.2) is 19.0 Å². The average Bonchev–Trinajstić information content (AvgIpc) is 2.65. The second kappa shape index (κ2) is 8.65. The van der Waals surface area contributed by atoms with Crippen molar-refractivity contribution in [1.29, 1.82) is 0 Å². The van der Waals surface area contributed by atoms with Gasteiger partial charge >= 0.3 is 0 Å². The van der Waals surface area contributed by atoms with Gasteiger partial charge < -0.3 is 10.2 Å². The van der Waals surface area contributed by atoms with Crippen LogP contribution in [0, 0.1) is 0 Å². The van der Waals surface area contributed by atoms with Crippen LogP contribution in [0.15, 0.2) is 48.8 Å². The van der Waals surface area contributed by atoms with Crippen molar-refractivity contribution in [1.82, 2.24) is 0 Å². The van der Waals surface area contributed by atoms with E-state index in [4.69, 9.17) is 0 Å². The molecule has 1 fully saturated rings. The quantitative estimate of drug-likeness (QED) is 0.818. The smallest absolute Gasteiger partial charge is 0.290 e. The van der Waals surface area contributed by atoms with Gasteiger partial charge in [-0.05, 0) is 55.5 Å². The molecule has 132 valence electrons. The summed E-state index contributed by atoms with van der Waals surface area (Å²) in [5, 5.41) is 2.98. The lowest BCUT2D eigenvalue weighted by Crippen LogP contribution is -2.39. The van der Waals surface area contributed by atoms with Crippen LogP contribution in [0.3, 0.4) is 0 Å². The van der Waals surface area contributed by atoms with E-state index in [1.807, 2.05) is 29.1 Å². The van der Waals surface area contributed by atoms with Gasteiger partial charge in [-0.3, -0.25) is 4.79 Å². The minimum atomic E-state index is -0.000959. The van der Waals surface area contributed by atoms with E-state index in [1.165, 1.54) is 30.5 Å². The monoisotopic (exact) mass is 338 g/mol. The van der Waals surface area contributed by atoms with Crippen molar-refractivity contribution in [3.63, 3.8) is 0 Å². The van der Waals surface area contributed by atoms with E-state index >= 15 is 0 Å². The van der Waals surface area contributed by atoms with Crippen molar-refractivity contribution in [3.8, 4) is 0 Å². The fourth-order valence-electron chi connectivity index (χ4n) is 3.32. The third kappa shape index (κ3) is 5.05. The number of hydrogen-bond donors (Lipinski definition) is 1. The van der Waals surface area contributed by atoms with E-state index in [1.54, 1.807) is 0 Å². The highest BCUT2D eigenvalue weighted by atomic mass is 16.1. The molecule has 0 bridgehead atoms. The van der Waals surface area contributed by atoms with Crippen LogP contribution in [-0.2, 0) is 17.8 Å². The number of benzene rings is 1. The Kier molecular flexibility index (Phi) is 6.04. The molecule has 1 aliphatic heterocycles. The average molecular weight is 338 g/mol. The molecule has 1 N–H and O–H groups in total. The van der Waals surface area contributed by atoms with Crippen molar-refractivity contribution in [2.75, 3.05) is 23.3 Å². The predicted octanol–water partition coefficient (Wildman–Crippen LogP) is 3.56. The molecule has 1 aliphatic rings. The molecular weight excluding hydrogens is 310 g/mol. The Morgan fingerprint density at radius 3 is 2.36 bits per heavy atom. The number of carbonyl (C=O) groups is 1. The lowest BCUT2D eigenvalue weighted by Gasteiger charge is -2.28. The van der Waals surface area contributed by atoms with E-state index in [9.17, 15) is 4.79 Å². The minimum Gasteiger partial charge on any atom is -0.372 e. The van der Waals surface area contributed by atoms with E-state index < -0.39 is 0 Å². The first-order valence-electron chi connectivity index (χ1n) is 9.37. The number of nitrogens with zero attached hydrogens (tertiary/aromatic N) is 2. The summed E-state index contributed by atoms with van der Waals surface area (Å²) in [4.78, 5) is 14.7. The van der Waals surface area contributed by atoms with Gasteiger partial charge in [0, 0.05) is 36.6 Å². The number of carbonyl (C=O) groups excluding carboxylic acids is 1. The molecule has 1 amide bonds. The molecule has 0 saturated carbocycles. The number of nitrogens with one attached hydrogen (secondary N) is 1. The van der Waals surface area contributed by atoms with Crippen LogP contribution < -0.4 is 14.8 Å². The molecule has 2 aromatic rings. The summed E-state index contributed by atoms with van der Waals surface area (Å²) in [7, 11) is 0. The van der Waals surface area contributed by atoms with Gasteiger partial charge in [0.05, 0.1) is 0 Å². The van der Waals surface area contributed by atoms with E-state index in [0.29, 0.717) is 6.54 Å². The van der Waals surface area contributed by atoms with Gasteiger partial charge in [-0.1, -0.05) is 13.3 Å². The molecule has 4 heteroatoms. The first-order valence-corrected chi connectivity index (χ1v) is 9.37. The number of aromatic nitrogens is 1. The summed E-state index contributed by atoms with van der Waals surface area (Å²) in [6.07, 6.45) is 10.0. The Labute approximate surface area is 150 Å². The maximum Gasteiger partial charge on any atom is 0.290 e. The number of rotatable bonds is 6. The van der Waals surface area contributed by atoms with Crippen LogP contribution in [0.4, 0.5) is 11.4 Å². The van der Waals surface area contributed by atoms with Gasteiger partial charge in [0.15, 0.2) is 12.4 Å². The molecular formula is C21H28N3O+. The Morgan fingerprint density at radius 1 is 1.04 bits per heavy atom. The number of hydrogen-bond acceptors (Lipinski definition) is 2. The summed E-state index contributed by atoms with van der Waals surface area (Å²) < 4.78 is 1.91. The molecule has 0 atom stereocenters. The number of piperidine rings is 1. The zero-order valence-corrected chi connectivity index (χ0v) is 15.1. The van der Waals surface area contributed by atoms with Crippen molar-refractivity contribution in [3.05, 3.63) is 54.4 Å². The summed E-state index contributed by atoms with van der Waals surface area (Å²) in [6, 6.07) is 12.4. The second-order valence-corrected chi connectivity index (χ2v) is 6.77. The molecule has 1 aromatic heterocycles. The third-order valence-electron chi connectivity index (χ3n) is 4.70. The minimum absolute atomic E-state index is 0.000959. The van der Waals surface area contributed by atoms with Crippen molar-refractivity contribution in [2.24, 2.45) is 0 Å². The third-order valence-corrected chi connectivity index (χ3v) is 4.70. The first-order chi connectivity index (χ1) is 12.2. The number of amides is 1. The molecule has 0 unspecified atom stereocenters. The number of anilines is 2. The lowest BCUT2D eigenvalue weighted by atomic mass is 10.1. The van der Waals surface area contributed by atoms with Gasteiger partial charge in [0.25, 0.3) is 5.91 Å².